The zero-order valence-electron chi connectivity index (χ0n) is 13.4. The van der Waals surface area contributed by atoms with E-state index in [0.717, 1.165) is 13.0 Å². The summed E-state index contributed by atoms with van der Waals surface area (Å²) in [6.07, 6.45) is -2.24. The van der Waals surface area contributed by atoms with Crippen molar-refractivity contribution < 1.29 is 18.3 Å². The van der Waals surface area contributed by atoms with E-state index in [4.69, 9.17) is 0 Å². The van der Waals surface area contributed by atoms with Gasteiger partial charge in [0.15, 0.2) is 0 Å². The summed E-state index contributed by atoms with van der Waals surface area (Å²) in [7, 11) is 0. The van der Waals surface area contributed by atoms with Crippen LogP contribution in [0.2, 0.25) is 0 Å². The van der Waals surface area contributed by atoms with Crippen molar-refractivity contribution in [1.82, 2.24) is 15.1 Å². The van der Waals surface area contributed by atoms with Crippen molar-refractivity contribution in [2.24, 2.45) is 0 Å². The van der Waals surface area contributed by atoms with Crippen LogP contribution in [0.5, 0.6) is 0 Å². The van der Waals surface area contributed by atoms with E-state index in [9.17, 15) is 18.3 Å². The van der Waals surface area contributed by atoms with Gasteiger partial charge in [0.25, 0.3) is 0 Å². The van der Waals surface area contributed by atoms with Gasteiger partial charge in [0.1, 0.15) is 0 Å². The standard InChI is InChI=1S/C14H23F3N4OS/c1-3-13(22,4-2)10-20-6-5-7-21(9-8-20)12-19-18-11(23-12)14(15,16)17/h22H,3-10H2,1-2H3. The summed E-state index contributed by atoms with van der Waals surface area (Å²) in [6.45, 7) is 7.29. The molecule has 2 heterocycles. The van der Waals surface area contributed by atoms with Crippen molar-refractivity contribution in [2.45, 2.75) is 44.9 Å². The van der Waals surface area contributed by atoms with Crippen molar-refractivity contribution in [3.05, 3.63) is 5.01 Å². The van der Waals surface area contributed by atoms with Crippen LogP contribution in [0.4, 0.5) is 18.3 Å². The predicted molar refractivity (Wildman–Crippen MR) is 83.7 cm³/mol. The SMILES string of the molecule is CCC(O)(CC)CN1CCCN(c2nnc(C(F)(F)F)s2)CC1. The first-order chi connectivity index (χ1) is 10.8. The minimum atomic E-state index is -4.44. The Kier molecular flexibility index (Phi) is 5.85. The van der Waals surface area contributed by atoms with Crippen molar-refractivity contribution in [1.29, 1.82) is 0 Å². The van der Waals surface area contributed by atoms with E-state index in [2.05, 4.69) is 15.1 Å². The van der Waals surface area contributed by atoms with Crippen LogP contribution in [-0.4, -0.2) is 58.5 Å². The third kappa shape index (κ3) is 4.77. The van der Waals surface area contributed by atoms with E-state index in [1.54, 1.807) is 0 Å². The van der Waals surface area contributed by atoms with Crippen molar-refractivity contribution in [3.8, 4) is 0 Å². The van der Waals surface area contributed by atoms with Crippen molar-refractivity contribution in [3.63, 3.8) is 0 Å². The lowest BCUT2D eigenvalue weighted by atomic mass is 9.97. The molecule has 2 rings (SSSR count). The quantitative estimate of drug-likeness (QED) is 0.883. The zero-order valence-corrected chi connectivity index (χ0v) is 14.3. The van der Waals surface area contributed by atoms with E-state index in [0.29, 0.717) is 55.5 Å². The molecule has 0 unspecified atom stereocenters. The first-order valence-electron chi connectivity index (χ1n) is 7.88. The minimum absolute atomic E-state index is 0.320. The fourth-order valence-corrected chi connectivity index (χ4v) is 3.43. The number of alkyl halides is 3. The van der Waals surface area contributed by atoms with Crippen LogP contribution in [0.25, 0.3) is 0 Å². The summed E-state index contributed by atoms with van der Waals surface area (Å²) in [5.74, 6) is 0. The Morgan fingerprint density at radius 3 is 2.35 bits per heavy atom. The molecule has 9 heteroatoms. The predicted octanol–water partition coefficient (Wildman–Crippen LogP) is 2.62. The number of β-amino-alcohol motifs (C(OH)–C–C–N with tert-alkyl or cyclic N) is 1. The van der Waals surface area contributed by atoms with E-state index >= 15 is 0 Å². The highest BCUT2D eigenvalue weighted by Crippen LogP contribution is 2.34. The number of nitrogens with zero attached hydrogens (tertiary/aromatic N) is 4. The molecule has 0 spiro atoms. The molecule has 1 fully saturated rings. The lowest BCUT2D eigenvalue weighted by Gasteiger charge is -2.32. The van der Waals surface area contributed by atoms with Gasteiger partial charge in [-0.3, -0.25) is 4.90 Å². The summed E-state index contributed by atoms with van der Waals surface area (Å²) in [4.78, 5) is 4.03. The second-order valence-corrected chi connectivity index (χ2v) is 6.89. The maximum atomic E-state index is 12.6. The molecule has 5 nitrogen and oxygen atoms in total. The Morgan fingerprint density at radius 2 is 1.78 bits per heavy atom. The number of aromatic nitrogens is 2. The average molecular weight is 352 g/mol. The molecule has 1 N–H and O–H groups in total. The molecular weight excluding hydrogens is 329 g/mol. The van der Waals surface area contributed by atoms with E-state index in [-0.39, 0.29) is 0 Å². The van der Waals surface area contributed by atoms with Gasteiger partial charge in [0, 0.05) is 32.7 Å². The van der Waals surface area contributed by atoms with Crippen LogP contribution < -0.4 is 4.90 Å². The number of anilines is 1. The van der Waals surface area contributed by atoms with Crippen molar-refractivity contribution in [2.75, 3.05) is 37.6 Å². The molecular formula is C14H23F3N4OS. The van der Waals surface area contributed by atoms with Gasteiger partial charge in [-0.05, 0) is 19.3 Å². The van der Waals surface area contributed by atoms with Crippen LogP contribution in [0.15, 0.2) is 0 Å². The monoisotopic (exact) mass is 352 g/mol. The first kappa shape index (κ1) is 18.4. The van der Waals surface area contributed by atoms with Gasteiger partial charge in [-0.15, -0.1) is 10.2 Å². The zero-order chi connectivity index (χ0) is 17.1. The topological polar surface area (TPSA) is 52.5 Å². The van der Waals surface area contributed by atoms with Crippen LogP contribution >= 0.6 is 11.3 Å². The molecule has 0 atom stereocenters. The second-order valence-electron chi connectivity index (χ2n) is 5.94. The number of hydrogen-bond donors (Lipinski definition) is 1. The van der Waals surface area contributed by atoms with Gasteiger partial charge >= 0.3 is 6.18 Å². The third-order valence-electron chi connectivity index (χ3n) is 4.35. The number of rotatable bonds is 5. The molecule has 1 aliphatic heterocycles. The van der Waals surface area contributed by atoms with Crippen LogP contribution in [0, 0.1) is 0 Å². The smallest absolute Gasteiger partial charge is 0.389 e. The molecule has 0 aliphatic carbocycles. The molecule has 0 radical (unpaired) electrons. The molecule has 23 heavy (non-hydrogen) atoms. The molecule has 0 saturated carbocycles. The third-order valence-corrected chi connectivity index (χ3v) is 5.38. The van der Waals surface area contributed by atoms with E-state index in [1.165, 1.54) is 0 Å². The molecule has 132 valence electrons. The summed E-state index contributed by atoms with van der Waals surface area (Å²) < 4.78 is 37.9. The first-order valence-corrected chi connectivity index (χ1v) is 8.69. The van der Waals surface area contributed by atoms with Crippen LogP contribution in [-0.2, 0) is 6.18 Å². The largest absolute Gasteiger partial charge is 0.445 e. The summed E-state index contributed by atoms with van der Waals surface area (Å²) in [5.41, 5.74) is -0.693. The van der Waals surface area contributed by atoms with Crippen molar-refractivity contribution >= 4 is 16.5 Å². The minimum Gasteiger partial charge on any atom is -0.389 e. The van der Waals surface area contributed by atoms with Crippen LogP contribution in [0.3, 0.4) is 0 Å². The maximum absolute atomic E-state index is 12.6. The molecule has 1 aliphatic rings. The van der Waals surface area contributed by atoms with Gasteiger partial charge in [0.2, 0.25) is 10.1 Å². The van der Waals surface area contributed by atoms with Crippen LogP contribution in [0.1, 0.15) is 38.1 Å². The molecule has 0 bridgehead atoms. The number of halogens is 3. The number of hydrogen-bond acceptors (Lipinski definition) is 6. The molecule has 1 saturated heterocycles. The molecule has 1 aromatic rings. The highest BCUT2D eigenvalue weighted by atomic mass is 32.1. The fraction of sp³-hybridized carbons (Fsp3) is 0.857. The summed E-state index contributed by atoms with van der Waals surface area (Å²) in [6, 6.07) is 0. The van der Waals surface area contributed by atoms with Gasteiger partial charge in [0.05, 0.1) is 5.60 Å². The second kappa shape index (κ2) is 7.31. The van der Waals surface area contributed by atoms with Gasteiger partial charge in [-0.25, -0.2) is 0 Å². The Bertz CT molecular complexity index is 504. The highest BCUT2D eigenvalue weighted by Gasteiger charge is 2.36. The van der Waals surface area contributed by atoms with Gasteiger partial charge in [-0.1, -0.05) is 25.2 Å². The maximum Gasteiger partial charge on any atom is 0.445 e. The average Bonchev–Trinajstić information content (AvgIpc) is 2.90. The normalized spacial score (nSPS) is 18.3. The molecule has 0 amide bonds. The van der Waals surface area contributed by atoms with E-state index < -0.39 is 16.8 Å². The molecule has 1 aromatic heterocycles. The Morgan fingerprint density at radius 1 is 1.09 bits per heavy atom. The number of aliphatic hydroxyl groups is 1. The fourth-order valence-electron chi connectivity index (χ4n) is 2.67. The summed E-state index contributed by atoms with van der Waals surface area (Å²) in [5, 5.41) is 16.8. The molecule has 0 aromatic carbocycles. The summed E-state index contributed by atoms with van der Waals surface area (Å²) >= 11 is 0.590. The Labute approximate surface area is 138 Å². The van der Waals surface area contributed by atoms with Gasteiger partial charge in [-0.2, -0.15) is 13.2 Å². The van der Waals surface area contributed by atoms with E-state index in [1.807, 2.05) is 18.7 Å². The Hall–Kier alpha value is -0.930. The van der Waals surface area contributed by atoms with Gasteiger partial charge < -0.3 is 10.0 Å². The Balaban J connectivity index is 1.97. The lowest BCUT2D eigenvalue weighted by Crippen LogP contribution is -2.43. The highest BCUT2D eigenvalue weighted by molar-refractivity contribution is 7.15. The lowest BCUT2D eigenvalue weighted by molar-refractivity contribution is -0.138.